The molecule has 0 bridgehead atoms. The molecule has 26 heavy (non-hydrogen) atoms. The first-order valence-corrected chi connectivity index (χ1v) is 8.18. The van der Waals surface area contributed by atoms with Crippen molar-refractivity contribution in [3.63, 3.8) is 0 Å². The highest BCUT2D eigenvalue weighted by Gasteiger charge is 2.16. The van der Waals surface area contributed by atoms with Crippen molar-refractivity contribution in [2.24, 2.45) is 0 Å². The van der Waals surface area contributed by atoms with Crippen molar-refractivity contribution in [2.75, 3.05) is 11.9 Å². The minimum atomic E-state index is -0.340. The lowest BCUT2D eigenvalue weighted by atomic mass is 10.2. The van der Waals surface area contributed by atoms with Crippen LogP contribution in [0.5, 0.6) is 5.75 Å². The topological polar surface area (TPSA) is 79.9 Å². The van der Waals surface area contributed by atoms with E-state index in [1.165, 1.54) is 0 Å². The molecule has 0 radical (unpaired) electrons. The molecule has 1 heterocycles. The number of hydrogen-bond acceptors (Lipinski definition) is 4. The molecule has 1 N–H and O–H groups in total. The van der Waals surface area contributed by atoms with Crippen LogP contribution in [0.1, 0.15) is 16.1 Å². The number of aromatic nitrogens is 2. The molecule has 0 saturated carbocycles. The van der Waals surface area contributed by atoms with E-state index in [4.69, 9.17) is 21.6 Å². The Bertz CT molecular complexity index is 991. The minimum Gasteiger partial charge on any atom is -0.478 e. The van der Waals surface area contributed by atoms with E-state index in [-0.39, 0.29) is 12.5 Å². The maximum Gasteiger partial charge on any atom is 0.259 e. The van der Waals surface area contributed by atoms with Gasteiger partial charge >= 0.3 is 0 Å². The average molecular weight is 367 g/mol. The standard InChI is InChI=1S/C19H15ClN4O2/c1-13-17(12-22-24(13)15-6-4-5-14(20)11-15)23-19(25)16-7-2-3-8-18(16)26-10-9-21/h2-8,11-12H,10H2,1H3,(H,23,25). The molecule has 1 amide bonds. The Labute approximate surface area is 155 Å². The zero-order valence-electron chi connectivity index (χ0n) is 13.9. The predicted octanol–water partition coefficient (Wildman–Crippen LogP) is 3.99. The number of carbonyl (C=O) groups is 1. The SMILES string of the molecule is Cc1c(NC(=O)c2ccccc2OCC#N)cnn1-c1cccc(Cl)c1. The van der Waals surface area contributed by atoms with Gasteiger partial charge in [0.25, 0.3) is 5.91 Å². The van der Waals surface area contributed by atoms with E-state index < -0.39 is 0 Å². The molecule has 0 saturated heterocycles. The van der Waals surface area contributed by atoms with Crippen molar-refractivity contribution in [1.82, 2.24) is 9.78 Å². The third kappa shape index (κ3) is 3.68. The zero-order valence-corrected chi connectivity index (χ0v) is 14.7. The van der Waals surface area contributed by atoms with Gasteiger partial charge in [0.2, 0.25) is 0 Å². The van der Waals surface area contributed by atoms with E-state index in [2.05, 4.69) is 10.4 Å². The van der Waals surface area contributed by atoms with Crippen LogP contribution in [0.2, 0.25) is 5.02 Å². The Kier molecular flexibility index (Phi) is 5.20. The van der Waals surface area contributed by atoms with Gasteiger partial charge in [-0.2, -0.15) is 10.4 Å². The van der Waals surface area contributed by atoms with Crippen LogP contribution in [0.25, 0.3) is 5.69 Å². The summed E-state index contributed by atoms with van der Waals surface area (Å²) in [4.78, 5) is 12.6. The lowest BCUT2D eigenvalue weighted by molar-refractivity contribution is 0.102. The number of nitriles is 1. The molecular formula is C19H15ClN4O2. The van der Waals surface area contributed by atoms with Gasteiger partial charge in [0.05, 0.1) is 28.8 Å². The maximum absolute atomic E-state index is 12.6. The largest absolute Gasteiger partial charge is 0.478 e. The number of ether oxygens (including phenoxy) is 1. The van der Waals surface area contributed by atoms with Crippen LogP contribution in [0.4, 0.5) is 5.69 Å². The molecule has 0 fully saturated rings. The van der Waals surface area contributed by atoms with Gasteiger partial charge in [0, 0.05) is 5.02 Å². The average Bonchev–Trinajstić information content (AvgIpc) is 3.00. The number of rotatable bonds is 5. The second-order valence-corrected chi connectivity index (χ2v) is 5.87. The Morgan fingerprint density at radius 1 is 1.31 bits per heavy atom. The first-order valence-electron chi connectivity index (χ1n) is 7.81. The number of nitrogens with zero attached hydrogens (tertiary/aromatic N) is 3. The summed E-state index contributed by atoms with van der Waals surface area (Å²) in [5.74, 6) is 0.0127. The molecule has 3 aromatic rings. The molecular weight excluding hydrogens is 352 g/mol. The number of anilines is 1. The van der Waals surface area contributed by atoms with Crippen LogP contribution >= 0.6 is 11.6 Å². The van der Waals surface area contributed by atoms with Crippen LogP contribution in [0, 0.1) is 18.3 Å². The molecule has 7 heteroatoms. The number of carbonyl (C=O) groups excluding carboxylic acids is 1. The first kappa shape index (κ1) is 17.5. The van der Waals surface area contributed by atoms with Gasteiger partial charge in [0.15, 0.2) is 6.61 Å². The third-order valence-corrected chi connectivity index (χ3v) is 3.97. The fraction of sp³-hybridized carbons (Fsp3) is 0.105. The Morgan fingerprint density at radius 2 is 2.12 bits per heavy atom. The number of amides is 1. The number of hydrogen-bond donors (Lipinski definition) is 1. The molecule has 2 aromatic carbocycles. The molecule has 0 spiro atoms. The van der Waals surface area contributed by atoms with Crippen molar-refractivity contribution in [1.29, 1.82) is 5.26 Å². The van der Waals surface area contributed by atoms with Crippen LogP contribution < -0.4 is 10.1 Å². The first-order chi connectivity index (χ1) is 12.6. The molecule has 0 aliphatic rings. The molecule has 0 aliphatic heterocycles. The maximum atomic E-state index is 12.6. The molecule has 130 valence electrons. The summed E-state index contributed by atoms with van der Waals surface area (Å²) in [5.41, 5.74) is 2.48. The number of benzene rings is 2. The van der Waals surface area contributed by atoms with Gasteiger partial charge in [0.1, 0.15) is 11.8 Å². The Morgan fingerprint density at radius 3 is 2.88 bits per heavy atom. The number of halogens is 1. The fourth-order valence-electron chi connectivity index (χ4n) is 2.48. The summed E-state index contributed by atoms with van der Waals surface area (Å²) in [5, 5.41) is 16.4. The Hall–Kier alpha value is -3.30. The van der Waals surface area contributed by atoms with Gasteiger partial charge in [-0.1, -0.05) is 29.8 Å². The summed E-state index contributed by atoms with van der Waals surface area (Å²) < 4.78 is 7.00. The summed E-state index contributed by atoms with van der Waals surface area (Å²) in [6, 6.07) is 15.9. The third-order valence-electron chi connectivity index (χ3n) is 3.73. The van der Waals surface area contributed by atoms with Gasteiger partial charge in [-0.25, -0.2) is 4.68 Å². The van der Waals surface area contributed by atoms with Crippen molar-refractivity contribution in [2.45, 2.75) is 6.92 Å². The van der Waals surface area contributed by atoms with Crippen LogP contribution in [-0.4, -0.2) is 22.3 Å². The normalized spacial score (nSPS) is 10.2. The van der Waals surface area contributed by atoms with E-state index >= 15 is 0 Å². The van der Waals surface area contributed by atoms with Gasteiger partial charge < -0.3 is 10.1 Å². The van der Waals surface area contributed by atoms with Crippen molar-refractivity contribution < 1.29 is 9.53 Å². The van der Waals surface area contributed by atoms with Crippen molar-refractivity contribution >= 4 is 23.2 Å². The van der Waals surface area contributed by atoms with E-state index in [0.29, 0.717) is 22.0 Å². The second-order valence-electron chi connectivity index (χ2n) is 5.43. The van der Waals surface area contributed by atoms with Crippen molar-refractivity contribution in [3.8, 4) is 17.5 Å². The lowest BCUT2D eigenvalue weighted by Crippen LogP contribution is -2.14. The summed E-state index contributed by atoms with van der Waals surface area (Å²) in [6.07, 6.45) is 1.58. The molecule has 3 rings (SSSR count). The minimum absolute atomic E-state index is 0.129. The number of nitrogens with one attached hydrogen (secondary N) is 1. The van der Waals surface area contributed by atoms with Gasteiger partial charge in [-0.15, -0.1) is 0 Å². The lowest BCUT2D eigenvalue weighted by Gasteiger charge is -2.10. The summed E-state index contributed by atoms with van der Waals surface area (Å²) in [7, 11) is 0. The summed E-state index contributed by atoms with van der Waals surface area (Å²) >= 11 is 6.03. The van der Waals surface area contributed by atoms with E-state index in [1.54, 1.807) is 47.3 Å². The highest BCUT2D eigenvalue weighted by Crippen LogP contribution is 2.23. The highest BCUT2D eigenvalue weighted by molar-refractivity contribution is 6.30. The molecule has 0 atom stereocenters. The molecule has 1 aromatic heterocycles. The second kappa shape index (κ2) is 7.72. The number of para-hydroxylation sites is 1. The highest BCUT2D eigenvalue weighted by atomic mass is 35.5. The molecule has 0 aliphatic carbocycles. The van der Waals surface area contributed by atoms with Gasteiger partial charge in [-0.05, 0) is 37.3 Å². The molecule has 6 nitrogen and oxygen atoms in total. The quantitative estimate of drug-likeness (QED) is 0.740. The van der Waals surface area contributed by atoms with E-state index in [0.717, 1.165) is 11.4 Å². The van der Waals surface area contributed by atoms with Gasteiger partial charge in [-0.3, -0.25) is 4.79 Å². The monoisotopic (exact) mass is 366 g/mol. The van der Waals surface area contributed by atoms with E-state index in [9.17, 15) is 4.79 Å². The fourth-order valence-corrected chi connectivity index (χ4v) is 2.66. The van der Waals surface area contributed by atoms with E-state index in [1.807, 2.05) is 25.1 Å². The smallest absolute Gasteiger partial charge is 0.259 e. The predicted molar refractivity (Wildman–Crippen MR) is 98.8 cm³/mol. The van der Waals surface area contributed by atoms with Crippen molar-refractivity contribution in [3.05, 3.63) is 71.0 Å². The summed E-state index contributed by atoms with van der Waals surface area (Å²) in [6.45, 7) is 1.72. The molecule has 0 unspecified atom stereocenters. The van der Waals surface area contributed by atoms with Crippen LogP contribution in [0.3, 0.4) is 0 Å². The Balaban J connectivity index is 1.84. The van der Waals surface area contributed by atoms with Crippen LogP contribution in [-0.2, 0) is 0 Å². The zero-order chi connectivity index (χ0) is 18.5. The van der Waals surface area contributed by atoms with Crippen LogP contribution in [0.15, 0.2) is 54.7 Å².